The van der Waals surface area contributed by atoms with E-state index in [9.17, 15) is 19.2 Å². The van der Waals surface area contributed by atoms with Gasteiger partial charge < -0.3 is 26.8 Å². The Hall–Kier alpha value is -2.32. The van der Waals surface area contributed by atoms with Crippen molar-refractivity contribution in [1.82, 2.24) is 16.0 Å². The van der Waals surface area contributed by atoms with Crippen LogP contribution in [0.15, 0.2) is 0 Å². The second-order valence-electron chi connectivity index (χ2n) is 5.02. The van der Waals surface area contributed by atoms with Crippen molar-refractivity contribution in [3.63, 3.8) is 0 Å². The van der Waals surface area contributed by atoms with Gasteiger partial charge in [0.05, 0.1) is 0 Å². The van der Waals surface area contributed by atoms with Gasteiger partial charge in [-0.25, -0.2) is 9.59 Å². The molecule has 9 heteroatoms. The minimum absolute atomic E-state index is 0.110. The summed E-state index contributed by atoms with van der Waals surface area (Å²) < 4.78 is 0. The van der Waals surface area contributed by atoms with Gasteiger partial charge in [-0.05, 0) is 26.2 Å². The molecule has 2 atom stereocenters. The van der Waals surface area contributed by atoms with Crippen LogP contribution in [0.3, 0.4) is 0 Å². The number of hydrogen-bond donors (Lipinski definition) is 5. The van der Waals surface area contributed by atoms with Crippen molar-refractivity contribution < 1.29 is 24.3 Å². The van der Waals surface area contributed by atoms with Gasteiger partial charge >= 0.3 is 12.0 Å². The molecule has 0 heterocycles. The first kappa shape index (κ1) is 16.7. The number of carboxylic acid groups (broad SMARTS) is 1. The first-order valence-corrected chi connectivity index (χ1v) is 6.68. The Morgan fingerprint density at radius 3 is 2.33 bits per heavy atom. The van der Waals surface area contributed by atoms with Crippen molar-refractivity contribution in [2.75, 3.05) is 0 Å². The predicted molar refractivity (Wildman–Crippen MR) is 72.1 cm³/mol. The lowest BCUT2D eigenvalue weighted by molar-refractivity contribution is -0.139. The number of rotatable bonds is 8. The van der Waals surface area contributed by atoms with E-state index in [1.54, 1.807) is 0 Å². The second-order valence-corrected chi connectivity index (χ2v) is 5.02. The second kappa shape index (κ2) is 7.46. The van der Waals surface area contributed by atoms with Crippen molar-refractivity contribution in [2.24, 2.45) is 5.73 Å². The van der Waals surface area contributed by atoms with Gasteiger partial charge in [0.1, 0.15) is 12.1 Å². The van der Waals surface area contributed by atoms with Crippen LogP contribution in [0.2, 0.25) is 0 Å². The fraction of sp³-hybridized carbons (Fsp3) is 0.667. The Bertz CT molecular complexity index is 435. The summed E-state index contributed by atoms with van der Waals surface area (Å²) in [6.07, 6.45) is 1.59. The minimum atomic E-state index is -1.28. The van der Waals surface area contributed by atoms with Crippen molar-refractivity contribution >= 4 is 23.8 Å². The smallest absolute Gasteiger partial charge is 0.326 e. The van der Waals surface area contributed by atoms with Crippen molar-refractivity contribution in [2.45, 2.75) is 50.7 Å². The Balaban J connectivity index is 2.39. The van der Waals surface area contributed by atoms with Crippen LogP contribution in [0.4, 0.5) is 4.79 Å². The van der Waals surface area contributed by atoms with Crippen LogP contribution in [-0.4, -0.2) is 47.0 Å². The van der Waals surface area contributed by atoms with Gasteiger partial charge in [0.15, 0.2) is 0 Å². The molecule has 9 nitrogen and oxygen atoms in total. The quantitative estimate of drug-likeness (QED) is 0.376. The van der Waals surface area contributed by atoms with Crippen LogP contribution in [0.1, 0.15) is 32.6 Å². The van der Waals surface area contributed by atoms with Gasteiger partial charge in [0, 0.05) is 12.5 Å². The highest BCUT2D eigenvalue weighted by Gasteiger charge is 2.27. The van der Waals surface area contributed by atoms with Gasteiger partial charge in [0.25, 0.3) is 0 Å². The fourth-order valence-electron chi connectivity index (χ4n) is 1.56. The first-order chi connectivity index (χ1) is 9.79. The molecule has 1 aliphatic rings. The van der Waals surface area contributed by atoms with E-state index >= 15 is 0 Å². The minimum Gasteiger partial charge on any atom is -0.480 e. The molecule has 2 unspecified atom stereocenters. The molecule has 0 aromatic carbocycles. The monoisotopic (exact) mass is 300 g/mol. The SMILES string of the molecule is CC(NC(=O)NC(CCC(N)=O)C(=O)O)C(=O)NC1CC1. The molecule has 0 aromatic heterocycles. The summed E-state index contributed by atoms with van der Waals surface area (Å²) in [5, 5.41) is 16.2. The van der Waals surface area contributed by atoms with Crippen LogP contribution < -0.4 is 21.7 Å². The summed E-state index contributed by atoms with van der Waals surface area (Å²) in [6.45, 7) is 1.50. The van der Waals surface area contributed by atoms with Gasteiger partial charge in [-0.2, -0.15) is 0 Å². The van der Waals surface area contributed by atoms with E-state index in [2.05, 4.69) is 16.0 Å². The molecule has 0 aromatic rings. The van der Waals surface area contributed by atoms with E-state index in [0.717, 1.165) is 12.8 Å². The molecular formula is C12H20N4O5. The number of carbonyl (C=O) groups is 4. The summed E-state index contributed by atoms with van der Waals surface area (Å²) in [6, 6.07) is -2.63. The molecule has 0 radical (unpaired) electrons. The third-order valence-corrected chi connectivity index (χ3v) is 2.95. The van der Waals surface area contributed by atoms with Gasteiger partial charge in [-0.3, -0.25) is 9.59 Å². The van der Waals surface area contributed by atoms with Gasteiger partial charge in [-0.1, -0.05) is 0 Å². The fourth-order valence-corrected chi connectivity index (χ4v) is 1.56. The molecule has 1 rings (SSSR count). The number of hydrogen-bond acceptors (Lipinski definition) is 4. The number of primary amides is 1. The summed E-state index contributed by atoms with van der Waals surface area (Å²) in [5.41, 5.74) is 4.93. The van der Waals surface area contributed by atoms with E-state index in [-0.39, 0.29) is 24.8 Å². The molecule has 0 spiro atoms. The van der Waals surface area contributed by atoms with E-state index in [0.29, 0.717) is 0 Å². The van der Waals surface area contributed by atoms with E-state index < -0.39 is 30.0 Å². The van der Waals surface area contributed by atoms with Crippen molar-refractivity contribution in [1.29, 1.82) is 0 Å². The molecule has 1 saturated carbocycles. The molecule has 0 saturated heterocycles. The zero-order valence-corrected chi connectivity index (χ0v) is 11.7. The number of carbonyl (C=O) groups excluding carboxylic acids is 3. The topological polar surface area (TPSA) is 151 Å². The highest BCUT2D eigenvalue weighted by Crippen LogP contribution is 2.18. The number of urea groups is 1. The van der Waals surface area contributed by atoms with Crippen LogP contribution >= 0.6 is 0 Å². The summed E-state index contributed by atoms with van der Waals surface area (Å²) in [4.78, 5) is 44.9. The Kier molecular flexibility index (Phi) is 5.94. The van der Waals surface area contributed by atoms with Crippen LogP contribution in [0, 0.1) is 0 Å². The molecule has 0 bridgehead atoms. The maximum Gasteiger partial charge on any atom is 0.326 e. The number of nitrogens with two attached hydrogens (primary N) is 1. The average molecular weight is 300 g/mol. The van der Waals surface area contributed by atoms with Crippen molar-refractivity contribution in [3.8, 4) is 0 Å². The lowest BCUT2D eigenvalue weighted by Gasteiger charge is -2.17. The van der Waals surface area contributed by atoms with Crippen LogP contribution in [0.5, 0.6) is 0 Å². The molecule has 1 fully saturated rings. The Morgan fingerprint density at radius 2 is 1.86 bits per heavy atom. The third-order valence-electron chi connectivity index (χ3n) is 2.95. The molecule has 1 aliphatic carbocycles. The maximum absolute atomic E-state index is 11.6. The molecule has 0 aliphatic heterocycles. The lowest BCUT2D eigenvalue weighted by atomic mass is 10.1. The van der Waals surface area contributed by atoms with Crippen molar-refractivity contribution in [3.05, 3.63) is 0 Å². The zero-order chi connectivity index (χ0) is 16.0. The highest BCUT2D eigenvalue weighted by molar-refractivity contribution is 5.88. The summed E-state index contributed by atoms with van der Waals surface area (Å²) in [5.74, 6) is -2.25. The van der Waals surface area contributed by atoms with Gasteiger partial charge in [-0.15, -0.1) is 0 Å². The van der Waals surface area contributed by atoms with E-state index in [1.807, 2.05) is 0 Å². The van der Waals surface area contributed by atoms with Crippen LogP contribution in [0.25, 0.3) is 0 Å². The number of carboxylic acids is 1. The number of nitrogens with one attached hydrogen (secondary N) is 3. The lowest BCUT2D eigenvalue weighted by Crippen LogP contribution is -2.52. The Morgan fingerprint density at radius 1 is 1.24 bits per heavy atom. The zero-order valence-electron chi connectivity index (χ0n) is 11.7. The first-order valence-electron chi connectivity index (χ1n) is 6.68. The largest absolute Gasteiger partial charge is 0.480 e. The van der Waals surface area contributed by atoms with E-state index in [1.165, 1.54) is 6.92 Å². The molecular weight excluding hydrogens is 280 g/mol. The van der Waals surface area contributed by atoms with Gasteiger partial charge in [0.2, 0.25) is 11.8 Å². The summed E-state index contributed by atoms with van der Waals surface area (Å²) >= 11 is 0. The Labute approximate surface area is 121 Å². The highest BCUT2D eigenvalue weighted by atomic mass is 16.4. The molecule has 118 valence electrons. The molecule has 6 N–H and O–H groups in total. The number of aliphatic carboxylic acids is 1. The summed E-state index contributed by atoms with van der Waals surface area (Å²) in [7, 11) is 0. The van der Waals surface area contributed by atoms with Crippen LogP contribution in [-0.2, 0) is 14.4 Å². The molecule has 21 heavy (non-hydrogen) atoms. The standard InChI is InChI=1S/C12H20N4O5/c1-6(10(18)15-7-2-3-7)14-12(21)16-8(11(19)20)4-5-9(13)17/h6-8H,2-5H2,1H3,(H2,13,17)(H,15,18)(H,19,20)(H2,14,16,21). The normalized spacial score (nSPS) is 16.4. The van der Waals surface area contributed by atoms with E-state index in [4.69, 9.17) is 10.8 Å². The average Bonchev–Trinajstić information content (AvgIpc) is 3.17. The third kappa shape index (κ3) is 6.59. The predicted octanol–water partition coefficient (Wildman–Crippen LogP) is -1.33. The maximum atomic E-state index is 11.6. The number of amides is 4. The molecule has 4 amide bonds.